The van der Waals surface area contributed by atoms with E-state index in [0.717, 1.165) is 12.8 Å². The molecule has 2 nitrogen and oxygen atoms in total. The molecule has 0 radical (unpaired) electrons. The lowest BCUT2D eigenvalue weighted by Gasteiger charge is -2.21. The van der Waals surface area contributed by atoms with Crippen LogP contribution in [0.5, 0.6) is 0 Å². The molecule has 0 aliphatic heterocycles. The van der Waals surface area contributed by atoms with Gasteiger partial charge in [0.2, 0.25) is 0 Å². The number of carbonyl (C=O) groups excluding carboxylic acids is 1. The summed E-state index contributed by atoms with van der Waals surface area (Å²) in [5.41, 5.74) is 0. The first-order valence-electron chi connectivity index (χ1n) is 8.85. The normalized spacial score (nSPS) is 28.1. The van der Waals surface area contributed by atoms with Gasteiger partial charge in [-0.15, -0.1) is 0 Å². The molecule has 1 rings (SSSR count). The summed E-state index contributed by atoms with van der Waals surface area (Å²) in [7, 11) is 0. The van der Waals surface area contributed by atoms with Gasteiger partial charge in [-0.05, 0) is 25.2 Å². The Hall–Kier alpha value is -0.530. The van der Waals surface area contributed by atoms with Crippen LogP contribution in [0, 0.1) is 5.92 Å². The molecule has 0 bridgehead atoms. The summed E-state index contributed by atoms with van der Waals surface area (Å²) in [6.45, 7) is 3.86. The molecule has 0 aromatic carbocycles. The molecule has 0 aromatic rings. The van der Waals surface area contributed by atoms with Gasteiger partial charge in [-0.1, -0.05) is 71.1 Å². The average molecular weight is 282 g/mol. The zero-order valence-electron chi connectivity index (χ0n) is 13.7. The van der Waals surface area contributed by atoms with Gasteiger partial charge < -0.3 is 4.74 Å². The van der Waals surface area contributed by atoms with Crippen molar-refractivity contribution in [3.8, 4) is 0 Å². The van der Waals surface area contributed by atoms with Crippen molar-refractivity contribution in [1.82, 2.24) is 0 Å². The molecule has 1 fully saturated rings. The van der Waals surface area contributed by atoms with Crippen molar-refractivity contribution < 1.29 is 9.53 Å². The van der Waals surface area contributed by atoms with Gasteiger partial charge in [-0.2, -0.15) is 0 Å². The summed E-state index contributed by atoms with van der Waals surface area (Å²) in [5, 5.41) is 0. The Morgan fingerprint density at radius 2 is 1.25 bits per heavy atom. The monoisotopic (exact) mass is 282 g/mol. The molecule has 0 aromatic heterocycles. The van der Waals surface area contributed by atoms with Crippen LogP contribution in [-0.4, -0.2) is 12.1 Å². The van der Waals surface area contributed by atoms with Gasteiger partial charge in [0, 0.05) is 6.92 Å². The molecule has 1 saturated carbocycles. The third kappa shape index (κ3) is 9.39. The third-order valence-corrected chi connectivity index (χ3v) is 4.47. The molecule has 0 saturated heterocycles. The van der Waals surface area contributed by atoms with Crippen LogP contribution in [0.15, 0.2) is 0 Å². The summed E-state index contributed by atoms with van der Waals surface area (Å²) in [6.07, 6.45) is 17.2. The topological polar surface area (TPSA) is 26.3 Å². The zero-order chi connectivity index (χ0) is 14.6. The molecular weight excluding hydrogens is 248 g/mol. The van der Waals surface area contributed by atoms with Crippen molar-refractivity contribution in [2.24, 2.45) is 5.92 Å². The van der Waals surface area contributed by atoms with E-state index in [1.54, 1.807) is 6.92 Å². The minimum absolute atomic E-state index is 0.111. The minimum atomic E-state index is -0.111. The lowest BCUT2D eigenvalue weighted by molar-refractivity contribution is -0.147. The highest BCUT2D eigenvalue weighted by Gasteiger charge is 2.16. The first-order chi connectivity index (χ1) is 9.68. The molecule has 1 aliphatic rings. The molecule has 2 atom stereocenters. The maximum atomic E-state index is 11.2. The fourth-order valence-electron chi connectivity index (χ4n) is 3.31. The van der Waals surface area contributed by atoms with E-state index in [-0.39, 0.29) is 12.1 Å². The largest absolute Gasteiger partial charge is 0.463 e. The van der Waals surface area contributed by atoms with Crippen LogP contribution < -0.4 is 0 Å². The van der Waals surface area contributed by atoms with Gasteiger partial charge >= 0.3 is 5.97 Å². The number of hydrogen-bond acceptors (Lipinski definition) is 2. The maximum absolute atomic E-state index is 11.2. The molecule has 1 aliphatic carbocycles. The Balaban J connectivity index is 2.38. The van der Waals surface area contributed by atoms with E-state index in [1.165, 1.54) is 70.6 Å². The summed E-state index contributed by atoms with van der Waals surface area (Å²) < 4.78 is 5.51. The smallest absolute Gasteiger partial charge is 0.302 e. The summed E-state index contributed by atoms with van der Waals surface area (Å²) in [6, 6.07) is 0. The lowest BCUT2D eigenvalue weighted by atomic mass is 9.94. The average Bonchev–Trinajstić information content (AvgIpc) is 2.39. The van der Waals surface area contributed by atoms with Crippen LogP contribution in [0.2, 0.25) is 0 Å². The van der Waals surface area contributed by atoms with Crippen molar-refractivity contribution in [3.05, 3.63) is 0 Å². The van der Waals surface area contributed by atoms with Gasteiger partial charge in [0.15, 0.2) is 0 Å². The second-order valence-corrected chi connectivity index (χ2v) is 6.69. The SMILES string of the molecule is CC(=O)O[C@@H]1CCCCCCCCCCCC[C@@H](C)C1. The van der Waals surface area contributed by atoms with Crippen molar-refractivity contribution in [3.63, 3.8) is 0 Å². The van der Waals surface area contributed by atoms with Crippen molar-refractivity contribution >= 4 is 5.97 Å². The van der Waals surface area contributed by atoms with Crippen LogP contribution in [0.1, 0.15) is 97.3 Å². The van der Waals surface area contributed by atoms with E-state index in [2.05, 4.69) is 6.92 Å². The van der Waals surface area contributed by atoms with Crippen LogP contribution in [0.25, 0.3) is 0 Å². The summed E-state index contributed by atoms with van der Waals surface area (Å²) in [4.78, 5) is 11.2. The maximum Gasteiger partial charge on any atom is 0.302 e. The van der Waals surface area contributed by atoms with Crippen molar-refractivity contribution in [1.29, 1.82) is 0 Å². The lowest BCUT2D eigenvalue weighted by Crippen LogP contribution is -2.19. The van der Waals surface area contributed by atoms with Gasteiger partial charge in [0.05, 0.1) is 0 Å². The van der Waals surface area contributed by atoms with Gasteiger partial charge in [-0.3, -0.25) is 4.79 Å². The predicted molar refractivity (Wildman–Crippen MR) is 84.7 cm³/mol. The number of esters is 1. The van der Waals surface area contributed by atoms with Crippen molar-refractivity contribution in [2.75, 3.05) is 0 Å². The Morgan fingerprint density at radius 1 is 0.800 bits per heavy atom. The summed E-state index contributed by atoms with van der Waals surface area (Å²) in [5.74, 6) is 0.574. The third-order valence-electron chi connectivity index (χ3n) is 4.47. The number of hydrogen-bond donors (Lipinski definition) is 0. The van der Waals surface area contributed by atoms with Gasteiger partial charge in [0.1, 0.15) is 6.10 Å². The number of carbonyl (C=O) groups is 1. The highest BCUT2D eigenvalue weighted by atomic mass is 16.5. The van der Waals surface area contributed by atoms with Crippen molar-refractivity contribution in [2.45, 2.75) is 103 Å². The molecule has 0 heterocycles. The Bertz CT molecular complexity index is 250. The van der Waals surface area contributed by atoms with E-state index >= 15 is 0 Å². The predicted octanol–water partition coefficient (Wildman–Crippen LogP) is 5.64. The number of ether oxygens (including phenoxy) is 1. The second-order valence-electron chi connectivity index (χ2n) is 6.69. The van der Waals surface area contributed by atoms with E-state index in [1.807, 2.05) is 0 Å². The van der Waals surface area contributed by atoms with E-state index < -0.39 is 0 Å². The van der Waals surface area contributed by atoms with E-state index in [0.29, 0.717) is 5.92 Å². The highest BCUT2D eigenvalue weighted by Crippen LogP contribution is 2.22. The molecule has 0 amide bonds. The van der Waals surface area contributed by atoms with E-state index in [9.17, 15) is 4.79 Å². The Kier molecular flexibility index (Phi) is 9.78. The first kappa shape index (κ1) is 17.5. The Labute approximate surface area is 125 Å². The minimum Gasteiger partial charge on any atom is -0.463 e. The van der Waals surface area contributed by atoms with Crippen LogP contribution in [0.4, 0.5) is 0 Å². The van der Waals surface area contributed by atoms with Gasteiger partial charge in [0.25, 0.3) is 0 Å². The molecule has 0 N–H and O–H groups in total. The van der Waals surface area contributed by atoms with Crippen LogP contribution >= 0.6 is 0 Å². The zero-order valence-corrected chi connectivity index (χ0v) is 13.7. The molecule has 20 heavy (non-hydrogen) atoms. The van der Waals surface area contributed by atoms with Crippen LogP contribution in [0.3, 0.4) is 0 Å². The Morgan fingerprint density at radius 3 is 1.75 bits per heavy atom. The molecule has 2 heteroatoms. The standard InChI is InChI=1S/C18H34O2/c1-16-13-11-9-7-5-3-4-6-8-10-12-14-18(15-16)20-17(2)19/h16,18H,3-15H2,1-2H3/t16-,18-/m1/s1. The van der Waals surface area contributed by atoms with Crippen LogP contribution in [-0.2, 0) is 9.53 Å². The highest BCUT2D eigenvalue weighted by molar-refractivity contribution is 5.66. The first-order valence-corrected chi connectivity index (χ1v) is 8.85. The fourth-order valence-corrected chi connectivity index (χ4v) is 3.31. The molecular formula is C18H34O2. The van der Waals surface area contributed by atoms with E-state index in [4.69, 9.17) is 4.74 Å². The molecule has 118 valence electrons. The molecule has 0 unspecified atom stereocenters. The quantitative estimate of drug-likeness (QED) is 0.582. The fraction of sp³-hybridized carbons (Fsp3) is 0.944. The second kappa shape index (κ2) is 11.2. The van der Waals surface area contributed by atoms with Gasteiger partial charge in [-0.25, -0.2) is 0 Å². The summed E-state index contributed by atoms with van der Waals surface area (Å²) >= 11 is 0. The molecule has 0 spiro atoms. The number of rotatable bonds is 1.